The van der Waals surface area contributed by atoms with E-state index in [-0.39, 0.29) is 16.8 Å². The van der Waals surface area contributed by atoms with Crippen LogP contribution in [0.3, 0.4) is 0 Å². The molecule has 1 heterocycles. The number of rotatable bonds is 6. The van der Waals surface area contributed by atoms with Crippen LogP contribution in [0.5, 0.6) is 0 Å². The van der Waals surface area contributed by atoms with Gasteiger partial charge in [-0.15, -0.1) is 0 Å². The molecule has 2 N–H and O–H groups in total. The number of nitrogens with one attached hydrogen (secondary N) is 2. The van der Waals surface area contributed by atoms with Crippen LogP contribution in [0, 0.1) is 0 Å². The summed E-state index contributed by atoms with van der Waals surface area (Å²) in [6.07, 6.45) is 0.762. The first-order valence-electron chi connectivity index (χ1n) is 10.8. The van der Waals surface area contributed by atoms with Crippen LogP contribution in [0.2, 0.25) is 5.02 Å². The predicted molar refractivity (Wildman–Crippen MR) is 134 cm³/mol. The Morgan fingerprint density at radius 2 is 1.71 bits per heavy atom. The van der Waals surface area contributed by atoms with E-state index in [2.05, 4.69) is 10.6 Å². The minimum atomic E-state index is -3.99. The van der Waals surface area contributed by atoms with Crippen molar-refractivity contribution in [2.45, 2.75) is 31.2 Å². The maximum atomic E-state index is 13.4. The quantitative estimate of drug-likeness (QED) is 0.516. The van der Waals surface area contributed by atoms with Crippen LogP contribution in [0.1, 0.15) is 30.6 Å². The standard InChI is InChI=1S/C25H24ClN3O4S/c1-3-16(2)27-25(31)19-9-4-6-10-21(19)28-24(30)15-29-22-13-12-17(26)14-20(22)18-8-5-7-11-23(18)34(29,32)33/h4-14,16H,3,15H2,1-2H3,(H,27,31)(H,28,30). The van der Waals surface area contributed by atoms with E-state index in [0.717, 1.165) is 10.7 Å². The van der Waals surface area contributed by atoms with Crippen molar-refractivity contribution < 1.29 is 18.0 Å². The summed E-state index contributed by atoms with van der Waals surface area (Å²) >= 11 is 6.18. The van der Waals surface area contributed by atoms with Gasteiger partial charge in [0.1, 0.15) is 6.54 Å². The average molecular weight is 498 g/mol. The summed E-state index contributed by atoms with van der Waals surface area (Å²) in [5.41, 5.74) is 2.12. The summed E-state index contributed by atoms with van der Waals surface area (Å²) in [5.74, 6) is -0.891. The van der Waals surface area contributed by atoms with E-state index in [1.165, 1.54) is 6.07 Å². The van der Waals surface area contributed by atoms with Crippen molar-refractivity contribution in [3.05, 3.63) is 77.3 Å². The normalized spacial score (nSPS) is 14.5. The van der Waals surface area contributed by atoms with Gasteiger partial charge in [-0.2, -0.15) is 0 Å². The van der Waals surface area contributed by atoms with Crippen LogP contribution in [0.4, 0.5) is 11.4 Å². The van der Waals surface area contributed by atoms with Crippen LogP contribution < -0.4 is 14.9 Å². The molecule has 7 nitrogen and oxygen atoms in total. The van der Waals surface area contributed by atoms with Crippen molar-refractivity contribution in [2.75, 3.05) is 16.2 Å². The molecule has 4 rings (SSSR count). The molecule has 0 spiro atoms. The fourth-order valence-corrected chi connectivity index (χ4v) is 5.61. The van der Waals surface area contributed by atoms with Crippen molar-refractivity contribution in [1.82, 2.24) is 5.32 Å². The summed E-state index contributed by atoms with van der Waals surface area (Å²) in [6.45, 7) is 3.38. The molecule has 34 heavy (non-hydrogen) atoms. The Bertz CT molecular complexity index is 1370. The molecule has 0 bridgehead atoms. The second kappa shape index (κ2) is 9.48. The van der Waals surface area contributed by atoms with Crippen LogP contribution >= 0.6 is 11.6 Å². The Morgan fingerprint density at radius 1 is 1.00 bits per heavy atom. The van der Waals surface area contributed by atoms with Crippen LogP contribution in [0.15, 0.2) is 71.6 Å². The highest BCUT2D eigenvalue weighted by Gasteiger charge is 2.36. The van der Waals surface area contributed by atoms with Gasteiger partial charge in [0.25, 0.3) is 15.9 Å². The van der Waals surface area contributed by atoms with Gasteiger partial charge in [-0.25, -0.2) is 8.42 Å². The Morgan fingerprint density at radius 3 is 2.47 bits per heavy atom. The Balaban J connectivity index is 1.65. The molecule has 3 aromatic rings. The lowest BCUT2D eigenvalue weighted by Gasteiger charge is -2.31. The molecule has 0 radical (unpaired) electrons. The maximum Gasteiger partial charge on any atom is 0.265 e. The number of anilines is 2. The molecular formula is C25H24ClN3O4S. The molecule has 1 aliphatic rings. The van der Waals surface area contributed by atoms with Crippen molar-refractivity contribution >= 4 is 44.8 Å². The molecule has 0 fully saturated rings. The number of fused-ring (bicyclic) bond motifs is 3. The number of hydrogen-bond acceptors (Lipinski definition) is 4. The number of benzene rings is 3. The lowest BCUT2D eigenvalue weighted by Crippen LogP contribution is -2.40. The number of amides is 2. The smallest absolute Gasteiger partial charge is 0.265 e. The van der Waals surface area contributed by atoms with E-state index >= 15 is 0 Å². The second-order valence-corrected chi connectivity index (χ2v) is 10.3. The highest BCUT2D eigenvalue weighted by molar-refractivity contribution is 7.93. The minimum Gasteiger partial charge on any atom is -0.350 e. The van der Waals surface area contributed by atoms with Crippen molar-refractivity contribution in [3.8, 4) is 11.1 Å². The highest BCUT2D eigenvalue weighted by atomic mass is 35.5. The second-order valence-electron chi connectivity index (χ2n) is 8.05. The van der Waals surface area contributed by atoms with E-state index in [9.17, 15) is 18.0 Å². The molecule has 1 atom stereocenters. The third-order valence-electron chi connectivity index (χ3n) is 5.70. The summed E-state index contributed by atoms with van der Waals surface area (Å²) in [4.78, 5) is 25.8. The van der Waals surface area contributed by atoms with Crippen LogP contribution in [-0.2, 0) is 14.8 Å². The van der Waals surface area contributed by atoms with Crippen molar-refractivity contribution in [2.24, 2.45) is 0 Å². The summed E-state index contributed by atoms with van der Waals surface area (Å²) in [7, 11) is -3.99. The number of carbonyl (C=O) groups is 2. The third kappa shape index (κ3) is 4.51. The van der Waals surface area contributed by atoms with Gasteiger partial charge in [0.05, 0.1) is 21.8 Å². The molecule has 0 aromatic heterocycles. The zero-order chi connectivity index (χ0) is 24.5. The molecular weight excluding hydrogens is 474 g/mol. The van der Waals surface area contributed by atoms with Gasteiger partial charge < -0.3 is 10.6 Å². The van der Waals surface area contributed by atoms with Gasteiger partial charge in [0.15, 0.2) is 0 Å². The fraction of sp³-hybridized carbons (Fsp3) is 0.200. The molecule has 2 amide bonds. The number of carbonyl (C=O) groups excluding carboxylic acids is 2. The first-order valence-corrected chi connectivity index (χ1v) is 12.7. The summed E-state index contributed by atoms with van der Waals surface area (Å²) < 4.78 is 27.9. The summed E-state index contributed by atoms with van der Waals surface area (Å²) in [6, 6.07) is 18.1. The number of para-hydroxylation sites is 1. The largest absolute Gasteiger partial charge is 0.350 e. The Hall–Kier alpha value is -3.36. The third-order valence-corrected chi connectivity index (χ3v) is 7.75. The first kappa shape index (κ1) is 23.8. The van der Waals surface area contributed by atoms with E-state index < -0.39 is 22.5 Å². The highest BCUT2D eigenvalue weighted by Crippen LogP contribution is 2.43. The van der Waals surface area contributed by atoms with E-state index in [1.807, 2.05) is 13.8 Å². The molecule has 176 valence electrons. The Labute approximate surface area is 203 Å². The number of hydrogen-bond donors (Lipinski definition) is 2. The topological polar surface area (TPSA) is 95.6 Å². The molecule has 0 saturated heterocycles. The molecule has 9 heteroatoms. The maximum absolute atomic E-state index is 13.4. The van der Waals surface area contributed by atoms with Gasteiger partial charge in [-0.1, -0.05) is 48.9 Å². The van der Waals surface area contributed by atoms with Crippen molar-refractivity contribution in [3.63, 3.8) is 0 Å². The van der Waals surface area contributed by atoms with Crippen LogP contribution in [0.25, 0.3) is 11.1 Å². The van der Waals surface area contributed by atoms with Crippen molar-refractivity contribution in [1.29, 1.82) is 0 Å². The van der Waals surface area contributed by atoms with Gasteiger partial charge in [0.2, 0.25) is 5.91 Å². The van der Waals surface area contributed by atoms with Gasteiger partial charge in [-0.05, 0) is 49.7 Å². The van der Waals surface area contributed by atoms with Gasteiger partial charge in [0, 0.05) is 22.2 Å². The van der Waals surface area contributed by atoms with E-state index in [4.69, 9.17) is 11.6 Å². The summed E-state index contributed by atoms with van der Waals surface area (Å²) in [5, 5.41) is 6.03. The fourth-order valence-electron chi connectivity index (χ4n) is 3.79. The molecule has 3 aromatic carbocycles. The number of sulfonamides is 1. The minimum absolute atomic E-state index is 0.0295. The van der Waals surface area contributed by atoms with Crippen LogP contribution in [-0.4, -0.2) is 32.8 Å². The monoisotopic (exact) mass is 497 g/mol. The van der Waals surface area contributed by atoms with E-state index in [1.54, 1.807) is 60.7 Å². The molecule has 0 saturated carbocycles. The Kier molecular flexibility index (Phi) is 6.63. The predicted octanol–water partition coefficient (Wildman–Crippen LogP) is 4.68. The molecule has 1 aliphatic heterocycles. The first-order chi connectivity index (χ1) is 16.2. The average Bonchev–Trinajstić information content (AvgIpc) is 2.82. The lowest BCUT2D eigenvalue weighted by molar-refractivity contribution is -0.114. The lowest BCUT2D eigenvalue weighted by atomic mass is 10.0. The molecule has 1 unspecified atom stereocenters. The zero-order valence-corrected chi connectivity index (χ0v) is 20.3. The van der Waals surface area contributed by atoms with E-state index in [0.29, 0.717) is 33.1 Å². The van der Waals surface area contributed by atoms with Gasteiger partial charge in [-0.3, -0.25) is 13.9 Å². The molecule has 0 aliphatic carbocycles. The SMILES string of the molecule is CCC(C)NC(=O)c1ccccc1NC(=O)CN1c2ccc(Cl)cc2-c2ccccc2S1(=O)=O. The van der Waals surface area contributed by atoms with Gasteiger partial charge >= 0.3 is 0 Å². The number of halogens is 1. The zero-order valence-electron chi connectivity index (χ0n) is 18.7. The number of nitrogens with zero attached hydrogens (tertiary/aromatic N) is 1.